The van der Waals surface area contributed by atoms with Gasteiger partial charge in [0.15, 0.2) is 0 Å². The Hall–Kier alpha value is 0.110. The summed E-state index contributed by atoms with van der Waals surface area (Å²) in [5.41, 5.74) is 0. The Morgan fingerprint density at radius 2 is 1.90 bits per heavy atom. The fourth-order valence-electron chi connectivity index (χ4n) is 2.60. The zero-order valence-corrected chi connectivity index (χ0v) is 14.6. The van der Waals surface area contributed by atoms with Gasteiger partial charge in [-0.2, -0.15) is 0 Å². The van der Waals surface area contributed by atoms with E-state index in [0.29, 0.717) is 31.6 Å². The summed E-state index contributed by atoms with van der Waals surface area (Å²) in [4.78, 5) is 2.32. The smallest absolute Gasteiger partial charge is 0.0900 e. The molecular weight excluding hydrogens is 294 g/mol. The molecule has 1 heterocycles. The second-order valence-electron chi connectivity index (χ2n) is 5.33. The van der Waals surface area contributed by atoms with Gasteiger partial charge in [-0.15, -0.1) is 0 Å². The highest BCUT2D eigenvalue weighted by atomic mass is 32.3. The number of nitrogens with zero attached hydrogens (tertiary/aromatic N) is 1. The van der Waals surface area contributed by atoms with Crippen LogP contribution in [0.3, 0.4) is 0 Å². The average molecular weight is 325 g/mol. The van der Waals surface area contributed by atoms with E-state index in [9.17, 15) is 5.11 Å². The molecule has 21 heavy (non-hydrogen) atoms. The lowest BCUT2D eigenvalue weighted by Gasteiger charge is -2.33. The van der Waals surface area contributed by atoms with Gasteiger partial charge in [0.25, 0.3) is 0 Å². The van der Waals surface area contributed by atoms with E-state index < -0.39 is 17.0 Å². The van der Waals surface area contributed by atoms with E-state index in [-0.39, 0.29) is 0 Å². The molecule has 1 fully saturated rings. The molecule has 128 valence electrons. The number of rotatable bonds is 11. The van der Waals surface area contributed by atoms with Gasteiger partial charge < -0.3 is 9.84 Å². The maximum Gasteiger partial charge on any atom is 0.0900 e. The molecule has 2 atom stereocenters. The molecule has 1 N–H and O–H groups in total. The third-order valence-corrected chi connectivity index (χ3v) is 6.20. The molecule has 2 unspecified atom stereocenters. The van der Waals surface area contributed by atoms with Gasteiger partial charge in [0, 0.05) is 24.9 Å². The van der Waals surface area contributed by atoms with Gasteiger partial charge in [-0.05, 0) is 32.7 Å². The van der Waals surface area contributed by atoms with Crippen LogP contribution in [0.25, 0.3) is 0 Å². The fraction of sp³-hybridized carbons (Fsp3) is 1.00. The van der Waals surface area contributed by atoms with Crippen molar-refractivity contribution in [1.82, 2.24) is 4.90 Å². The van der Waals surface area contributed by atoms with Crippen LogP contribution in [-0.2, 0) is 17.3 Å². The summed E-state index contributed by atoms with van der Waals surface area (Å²) in [6, 6.07) is 0.578. The van der Waals surface area contributed by atoms with Gasteiger partial charge in [0.05, 0.1) is 44.9 Å². The largest absolute Gasteiger partial charge is 0.389 e. The summed E-state index contributed by atoms with van der Waals surface area (Å²) in [6.07, 6.45) is 2.81. The Morgan fingerprint density at radius 3 is 2.43 bits per heavy atom. The van der Waals surface area contributed by atoms with Crippen LogP contribution in [0.1, 0.15) is 26.2 Å². The van der Waals surface area contributed by atoms with E-state index >= 15 is 0 Å². The molecule has 0 spiro atoms. The Morgan fingerprint density at radius 1 is 1.24 bits per heavy atom. The minimum atomic E-state index is -1.89. The Balaban J connectivity index is 2.10. The molecule has 1 rings (SSSR count). The highest BCUT2D eigenvalue weighted by Crippen LogP contribution is 2.49. The molecule has 0 saturated carbocycles. The summed E-state index contributed by atoms with van der Waals surface area (Å²) in [7, 11) is 2.87. The fourth-order valence-corrected chi connectivity index (χ4v) is 3.98. The van der Waals surface area contributed by atoms with Crippen LogP contribution in [0.15, 0.2) is 0 Å². The van der Waals surface area contributed by atoms with Gasteiger partial charge in [0.1, 0.15) is 0 Å². The van der Waals surface area contributed by atoms with Crippen molar-refractivity contribution in [2.45, 2.75) is 38.3 Å². The molecule has 0 radical (unpaired) electrons. The van der Waals surface area contributed by atoms with Gasteiger partial charge in [-0.3, -0.25) is 17.4 Å². The number of ether oxygens (including phenoxy) is 1. The molecular formula is C14H31NO5S. The van der Waals surface area contributed by atoms with Crippen molar-refractivity contribution in [1.29, 1.82) is 0 Å². The standard InChI is InChI=1S/C14H31NO5S/c1-13-7-5-8-15(13)11-14(16)12-20-9-6-10-21(17-2,18-3)19-4/h13-14,16H,5-12H2,1-4H3. The number of hydrogen-bond acceptors (Lipinski definition) is 6. The summed E-state index contributed by atoms with van der Waals surface area (Å²) in [5.74, 6) is 0.662. The van der Waals surface area contributed by atoms with Crippen molar-refractivity contribution in [2.75, 3.05) is 53.4 Å². The van der Waals surface area contributed by atoms with E-state index in [1.807, 2.05) is 0 Å². The first-order valence-corrected chi connectivity index (χ1v) is 9.12. The first kappa shape index (κ1) is 19.2. The maximum atomic E-state index is 9.99. The van der Waals surface area contributed by atoms with E-state index in [1.165, 1.54) is 12.8 Å². The Bertz CT molecular complexity index is 270. The number of hydrogen-bond donors (Lipinski definition) is 1. The summed E-state index contributed by atoms with van der Waals surface area (Å²) in [5, 5.41) is 9.99. The van der Waals surface area contributed by atoms with Crippen molar-refractivity contribution in [3.8, 4) is 0 Å². The first-order chi connectivity index (χ1) is 10.1. The SMILES string of the molecule is COS(CCCOCC(O)CN1CCCC1C)(OC)OC. The molecule has 0 bridgehead atoms. The van der Waals surface area contributed by atoms with Crippen LogP contribution >= 0.6 is 10.9 Å². The summed E-state index contributed by atoms with van der Waals surface area (Å²) < 4.78 is 21.4. The van der Waals surface area contributed by atoms with Crippen LogP contribution in [0.5, 0.6) is 0 Å². The van der Waals surface area contributed by atoms with Crippen molar-refractivity contribution >= 4 is 10.9 Å². The molecule has 1 aliphatic heterocycles. The minimum Gasteiger partial charge on any atom is -0.389 e. The predicted molar refractivity (Wildman–Crippen MR) is 85.2 cm³/mol. The lowest BCUT2D eigenvalue weighted by atomic mass is 10.2. The zero-order valence-electron chi connectivity index (χ0n) is 13.7. The van der Waals surface area contributed by atoms with Crippen LogP contribution in [0.4, 0.5) is 0 Å². The predicted octanol–water partition coefficient (Wildman–Crippen LogP) is 1.73. The van der Waals surface area contributed by atoms with Gasteiger partial charge in [-0.25, -0.2) is 0 Å². The molecule has 0 aliphatic carbocycles. The molecule has 6 nitrogen and oxygen atoms in total. The highest BCUT2D eigenvalue weighted by molar-refractivity contribution is 8.21. The normalized spacial score (nSPS) is 22.6. The lowest BCUT2D eigenvalue weighted by molar-refractivity contribution is 0.0157. The number of β-amino-alcohol motifs (C(OH)–C–C–N with tert-alkyl or cyclic N) is 1. The summed E-state index contributed by atoms with van der Waals surface area (Å²) >= 11 is 0. The molecule has 0 aromatic carbocycles. The average Bonchev–Trinajstić information content (AvgIpc) is 2.89. The second kappa shape index (κ2) is 9.99. The first-order valence-electron chi connectivity index (χ1n) is 7.54. The molecule has 1 saturated heterocycles. The Labute approximate surface area is 130 Å². The van der Waals surface area contributed by atoms with Crippen molar-refractivity contribution in [3.05, 3.63) is 0 Å². The quantitative estimate of drug-likeness (QED) is 0.584. The third-order valence-electron chi connectivity index (χ3n) is 3.89. The molecule has 7 heteroatoms. The lowest BCUT2D eigenvalue weighted by Crippen LogP contribution is -2.36. The van der Waals surface area contributed by atoms with Crippen molar-refractivity contribution < 1.29 is 22.4 Å². The highest BCUT2D eigenvalue weighted by Gasteiger charge is 2.23. The van der Waals surface area contributed by atoms with E-state index in [2.05, 4.69) is 11.8 Å². The second-order valence-corrected chi connectivity index (χ2v) is 7.85. The molecule has 1 aliphatic rings. The third kappa shape index (κ3) is 6.40. The topological polar surface area (TPSA) is 60.4 Å². The number of aliphatic hydroxyl groups excluding tert-OH is 1. The van der Waals surface area contributed by atoms with Crippen LogP contribution in [0.2, 0.25) is 0 Å². The van der Waals surface area contributed by atoms with Gasteiger partial charge >= 0.3 is 0 Å². The molecule has 0 aromatic rings. The van der Waals surface area contributed by atoms with Crippen molar-refractivity contribution in [2.24, 2.45) is 0 Å². The summed E-state index contributed by atoms with van der Waals surface area (Å²) in [6.45, 7) is 4.93. The molecule has 0 amide bonds. The van der Waals surface area contributed by atoms with Crippen LogP contribution in [0, 0.1) is 0 Å². The maximum absolute atomic E-state index is 9.99. The van der Waals surface area contributed by atoms with Gasteiger partial charge in [0.2, 0.25) is 0 Å². The van der Waals surface area contributed by atoms with Gasteiger partial charge in [-0.1, -0.05) is 0 Å². The number of likely N-dealkylation sites (tertiary alicyclic amines) is 1. The Kier molecular flexibility index (Phi) is 9.12. The van der Waals surface area contributed by atoms with E-state index in [4.69, 9.17) is 17.3 Å². The van der Waals surface area contributed by atoms with Crippen molar-refractivity contribution in [3.63, 3.8) is 0 Å². The zero-order chi connectivity index (χ0) is 15.7. The van der Waals surface area contributed by atoms with Crippen LogP contribution < -0.4 is 0 Å². The minimum absolute atomic E-state index is 0.374. The molecule has 0 aromatic heterocycles. The van der Waals surface area contributed by atoms with E-state index in [0.717, 1.165) is 13.0 Å². The monoisotopic (exact) mass is 325 g/mol. The number of aliphatic hydroxyl groups is 1. The van der Waals surface area contributed by atoms with Crippen LogP contribution in [-0.4, -0.2) is 75.5 Å². The van der Waals surface area contributed by atoms with E-state index in [1.54, 1.807) is 21.3 Å².